The molecule has 0 saturated heterocycles. The predicted octanol–water partition coefficient (Wildman–Crippen LogP) is 4.40. The Balaban J connectivity index is 1.79. The lowest BCUT2D eigenvalue weighted by molar-refractivity contribution is 0.102. The summed E-state index contributed by atoms with van der Waals surface area (Å²) >= 11 is 0. The number of methoxy groups -OCH3 is 1. The van der Waals surface area contributed by atoms with Gasteiger partial charge in [0.2, 0.25) is 5.89 Å². The first-order valence-electron chi connectivity index (χ1n) is 10.4. The van der Waals surface area contributed by atoms with Crippen molar-refractivity contribution in [3.05, 3.63) is 71.6 Å². The molecule has 2 N–H and O–H groups in total. The lowest BCUT2D eigenvalue weighted by Crippen LogP contribution is -2.17. The molecule has 0 aliphatic rings. The van der Waals surface area contributed by atoms with Crippen LogP contribution in [-0.2, 0) is 9.73 Å². The zero-order chi connectivity index (χ0) is 25.9. The molecular weight excluding hydrogens is 484 g/mol. The Kier molecular flexibility index (Phi) is 6.67. The van der Waals surface area contributed by atoms with E-state index in [0.29, 0.717) is 16.8 Å². The van der Waals surface area contributed by atoms with Crippen molar-refractivity contribution in [3.63, 3.8) is 0 Å². The number of nitrogens with one attached hydrogen (secondary N) is 2. The van der Waals surface area contributed by atoms with Crippen LogP contribution in [0.5, 0.6) is 17.4 Å². The number of oxazole rings is 1. The molecule has 1 unspecified atom stereocenters. The standard InChI is InChI=1S/C24H20N6O5S/c1-14-20(22(31)28-16-5-4-6-17(12-16)36(3,26)32)23(30-29-21(14)24-27-9-10-34-24)35-18-8-7-15(13-25)11-19(18)33-2/h4-12,26H,1-3H3,(H,28,31). The van der Waals surface area contributed by atoms with Gasteiger partial charge < -0.3 is 19.2 Å². The van der Waals surface area contributed by atoms with Crippen LogP contribution in [0.15, 0.2) is 64.2 Å². The van der Waals surface area contributed by atoms with Crippen LogP contribution >= 0.6 is 0 Å². The van der Waals surface area contributed by atoms with Gasteiger partial charge in [-0.25, -0.2) is 14.0 Å². The fraction of sp³-hybridized carbons (Fsp3) is 0.125. The second-order valence-corrected chi connectivity index (χ2v) is 9.75. The second-order valence-electron chi connectivity index (χ2n) is 7.60. The maximum atomic E-state index is 13.5. The summed E-state index contributed by atoms with van der Waals surface area (Å²) < 4.78 is 36.6. The monoisotopic (exact) mass is 504 g/mol. The fourth-order valence-electron chi connectivity index (χ4n) is 3.32. The van der Waals surface area contributed by atoms with Crippen LogP contribution in [0.25, 0.3) is 11.6 Å². The van der Waals surface area contributed by atoms with Gasteiger partial charge in [-0.1, -0.05) is 6.07 Å². The van der Waals surface area contributed by atoms with Gasteiger partial charge in [-0.2, -0.15) is 5.26 Å². The van der Waals surface area contributed by atoms with Gasteiger partial charge in [0, 0.05) is 28.5 Å². The molecule has 4 aromatic rings. The third-order valence-electron chi connectivity index (χ3n) is 5.09. The van der Waals surface area contributed by atoms with Gasteiger partial charge in [0.25, 0.3) is 11.8 Å². The Bertz CT molecular complexity index is 1590. The van der Waals surface area contributed by atoms with Crippen LogP contribution in [0, 0.1) is 23.0 Å². The fourth-order valence-corrected chi connectivity index (χ4v) is 4.01. The number of carbonyl (C=O) groups excluding carboxylic acids is 1. The molecule has 1 amide bonds. The number of aromatic nitrogens is 3. The molecule has 0 radical (unpaired) electrons. The molecule has 36 heavy (non-hydrogen) atoms. The molecule has 0 saturated carbocycles. The van der Waals surface area contributed by atoms with E-state index in [1.54, 1.807) is 25.1 Å². The molecule has 0 spiro atoms. The van der Waals surface area contributed by atoms with E-state index in [1.807, 2.05) is 6.07 Å². The van der Waals surface area contributed by atoms with Crippen molar-refractivity contribution < 1.29 is 22.9 Å². The van der Waals surface area contributed by atoms with Gasteiger partial charge in [-0.3, -0.25) is 4.79 Å². The molecule has 0 fully saturated rings. The molecule has 2 heterocycles. The maximum Gasteiger partial charge on any atom is 0.261 e. The first-order chi connectivity index (χ1) is 17.2. The lowest BCUT2D eigenvalue weighted by Gasteiger charge is -2.15. The number of hydrogen-bond acceptors (Lipinski definition) is 10. The Labute approximate surface area is 206 Å². The largest absolute Gasteiger partial charge is 0.493 e. The van der Waals surface area contributed by atoms with Crippen molar-refractivity contribution >= 4 is 21.3 Å². The number of rotatable bonds is 7. The third kappa shape index (κ3) is 5.01. The van der Waals surface area contributed by atoms with E-state index in [2.05, 4.69) is 20.5 Å². The van der Waals surface area contributed by atoms with E-state index in [4.69, 9.17) is 23.9 Å². The van der Waals surface area contributed by atoms with Gasteiger partial charge in [0.15, 0.2) is 17.2 Å². The molecule has 182 valence electrons. The van der Waals surface area contributed by atoms with Gasteiger partial charge in [0.05, 0.1) is 34.7 Å². The van der Waals surface area contributed by atoms with E-state index < -0.39 is 15.6 Å². The third-order valence-corrected chi connectivity index (χ3v) is 6.24. The van der Waals surface area contributed by atoms with E-state index in [0.717, 1.165) is 0 Å². The zero-order valence-corrected chi connectivity index (χ0v) is 20.3. The summed E-state index contributed by atoms with van der Waals surface area (Å²) in [6.45, 7) is 1.64. The normalized spacial score (nSPS) is 12.3. The number of benzene rings is 2. The average Bonchev–Trinajstić information content (AvgIpc) is 3.38. The van der Waals surface area contributed by atoms with E-state index in [1.165, 1.54) is 50.1 Å². The van der Waals surface area contributed by atoms with Crippen LogP contribution in [-0.4, -0.2) is 38.7 Å². The van der Waals surface area contributed by atoms with Gasteiger partial charge in [-0.05, 0) is 37.3 Å². The summed E-state index contributed by atoms with van der Waals surface area (Å²) in [5.74, 6) is -0.0807. The highest BCUT2D eigenvalue weighted by molar-refractivity contribution is 7.91. The number of hydrogen-bond donors (Lipinski definition) is 2. The minimum Gasteiger partial charge on any atom is -0.493 e. The molecule has 4 rings (SSSR count). The van der Waals surface area contributed by atoms with Crippen molar-refractivity contribution in [2.75, 3.05) is 18.7 Å². The molecular formula is C24H20N6O5S. The summed E-state index contributed by atoms with van der Waals surface area (Å²) in [5.41, 5.74) is 1.35. The molecule has 0 bridgehead atoms. The van der Waals surface area contributed by atoms with Crippen LogP contribution < -0.4 is 14.8 Å². The number of anilines is 1. The summed E-state index contributed by atoms with van der Waals surface area (Å²) in [6, 6.07) is 12.8. The van der Waals surface area contributed by atoms with Crippen molar-refractivity contribution in [1.82, 2.24) is 15.2 Å². The van der Waals surface area contributed by atoms with Crippen molar-refractivity contribution in [2.24, 2.45) is 0 Å². The summed E-state index contributed by atoms with van der Waals surface area (Å²) in [7, 11) is -1.57. The molecule has 12 heteroatoms. The number of amides is 1. The highest BCUT2D eigenvalue weighted by atomic mass is 32.2. The lowest BCUT2D eigenvalue weighted by atomic mass is 10.1. The van der Waals surface area contributed by atoms with Crippen LogP contribution in [0.1, 0.15) is 21.5 Å². The Hall–Kier alpha value is -4.76. The first kappa shape index (κ1) is 24.4. The van der Waals surface area contributed by atoms with Crippen LogP contribution in [0.2, 0.25) is 0 Å². The van der Waals surface area contributed by atoms with Crippen molar-refractivity contribution in [2.45, 2.75) is 11.8 Å². The highest BCUT2D eigenvalue weighted by Crippen LogP contribution is 2.35. The summed E-state index contributed by atoms with van der Waals surface area (Å²) in [6.07, 6.45) is 4.11. The zero-order valence-electron chi connectivity index (χ0n) is 19.4. The average molecular weight is 505 g/mol. The Morgan fingerprint density at radius 2 is 2.00 bits per heavy atom. The van der Waals surface area contributed by atoms with Gasteiger partial charge >= 0.3 is 0 Å². The quantitative estimate of drug-likeness (QED) is 0.371. The van der Waals surface area contributed by atoms with Crippen molar-refractivity contribution in [3.8, 4) is 35.0 Å². The number of nitriles is 1. The molecule has 2 aromatic carbocycles. The van der Waals surface area contributed by atoms with Crippen LogP contribution in [0.3, 0.4) is 0 Å². The van der Waals surface area contributed by atoms with E-state index >= 15 is 0 Å². The smallest absolute Gasteiger partial charge is 0.261 e. The summed E-state index contributed by atoms with van der Waals surface area (Å²) in [5, 5.41) is 20.1. The molecule has 0 aliphatic heterocycles. The second kappa shape index (κ2) is 9.85. The SMILES string of the molecule is COc1cc(C#N)ccc1Oc1nnc(-c2ncco2)c(C)c1C(=O)Nc1cccc(S(C)(=N)=O)c1. The molecule has 1 atom stereocenters. The topological polar surface area (TPSA) is 164 Å². The molecule has 0 aliphatic carbocycles. The highest BCUT2D eigenvalue weighted by Gasteiger charge is 2.25. The number of carbonyl (C=O) groups is 1. The minimum absolute atomic E-state index is 0.0399. The maximum absolute atomic E-state index is 13.5. The first-order valence-corrected chi connectivity index (χ1v) is 12.4. The summed E-state index contributed by atoms with van der Waals surface area (Å²) in [4.78, 5) is 17.8. The van der Waals surface area contributed by atoms with Crippen LogP contribution in [0.4, 0.5) is 5.69 Å². The Morgan fingerprint density at radius 3 is 2.67 bits per heavy atom. The Morgan fingerprint density at radius 1 is 1.19 bits per heavy atom. The number of nitrogens with zero attached hydrogens (tertiary/aromatic N) is 4. The van der Waals surface area contributed by atoms with Gasteiger partial charge in [-0.15, -0.1) is 10.2 Å². The molecule has 2 aromatic heterocycles. The predicted molar refractivity (Wildman–Crippen MR) is 129 cm³/mol. The van der Waals surface area contributed by atoms with E-state index in [9.17, 15) is 9.00 Å². The van der Waals surface area contributed by atoms with Gasteiger partial charge in [0.1, 0.15) is 11.8 Å². The van der Waals surface area contributed by atoms with E-state index in [-0.39, 0.29) is 39.4 Å². The number of ether oxygens (including phenoxy) is 2. The minimum atomic E-state index is -2.99. The van der Waals surface area contributed by atoms with Crippen molar-refractivity contribution in [1.29, 1.82) is 10.0 Å². The molecule has 11 nitrogen and oxygen atoms in total.